The molecule has 0 amide bonds. The summed E-state index contributed by atoms with van der Waals surface area (Å²) in [5, 5.41) is 8.88. The summed E-state index contributed by atoms with van der Waals surface area (Å²) in [5.41, 5.74) is 0.570. The molecule has 0 rings (SSSR count). The van der Waals surface area contributed by atoms with E-state index in [1.807, 2.05) is 0 Å². The summed E-state index contributed by atoms with van der Waals surface area (Å²) in [6.07, 6.45) is 0.337. The molecule has 0 fully saturated rings. The van der Waals surface area contributed by atoms with E-state index in [1.54, 1.807) is 13.8 Å². The molecule has 0 aliphatic carbocycles. The van der Waals surface area contributed by atoms with Crippen LogP contribution in [0, 0.1) is 0 Å². The first-order valence-corrected chi connectivity index (χ1v) is 4.53. The predicted octanol–water partition coefficient (Wildman–Crippen LogP) is 1.59. The van der Waals surface area contributed by atoms with Gasteiger partial charge in [0.25, 0.3) is 0 Å². The molecule has 0 aliphatic rings. The zero-order chi connectivity index (χ0) is 8.85. The maximum Gasteiger partial charge on any atom is 0.214 e. The van der Waals surface area contributed by atoms with Crippen molar-refractivity contribution in [2.75, 3.05) is 5.75 Å². The third kappa shape index (κ3) is 6.13. The minimum atomic E-state index is -0.319. The van der Waals surface area contributed by atoms with E-state index in [9.17, 15) is 4.79 Å². The summed E-state index contributed by atoms with van der Waals surface area (Å²) in [6, 6.07) is 0. The molecule has 0 saturated heterocycles. The van der Waals surface area contributed by atoms with Crippen LogP contribution in [0.3, 0.4) is 0 Å². The van der Waals surface area contributed by atoms with E-state index in [1.165, 1.54) is 11.8 Å². The Morgan fingerprint density at radius 1 is 1.73 bits per heavy atom. The van der Waals surface area contributed by atoms with Crippen LogP contribution in [0.5, 0.6) is 0 Å². The number of hydrogen-bond donors (Lipinski definition) is 1. The predicted molar refractivity (Wildman–Crippen MR) is 48.6 cm³/mol. The van der Waals surface area contributed by atoms with Gasteiger partial charge in [0.05, 0.1) is 6.10 Å². The standard InChI is InChI=1S/C8H14O2S/c1-6(2)8(10)11-5-4-7(3)9/h7,9H,1,4-5H2,2-3H3. The molecule has 1 atom stereocenters. The average molecular weight is 174 g/mol. The van der Waals surface area contributed by atoms with Gasteiger partial charge in [-0.05, 0) is 25.8 Å². The molecule has 0 aromatic heterocycles. The molecule has 1 unspecified atom stereocenters. The van der Waals surface area contributed by atoms with E-state index in [0.29, 0.717) is 17.7 Å². The third-order valence-electron chi connectivity index (χ3n) is 1.12. The van der Waals surface area contributed by atoms with Crippen LogP contribution >= 0.6 is 11.8 Å². The number of carbonyl (C=O) groups is 1. The molecule has 3 heteroatoms. The van der Waals surface area contributed by atoms with Crippen molar-refractivity contribution in [3.05, 3.63) is 12.2 Å². The minimum Gasteiger partial charge on any atom is -0.393 e. The van der Waals surface area contributed by atoms with Crippen molar-refractivity contribution >= 4 is 16.9 Å². The van der Waals surface area contributed by atoms with Crippen LogP contribution in [0.25, 0.3) is 0 Å². The molecule has 0 aromatic rings. The average Bonchev–Trinajstić information content (AvgIpc) is 1.86. The zero-order valence-electron chi connectivity index (χ0n) is 6.96. The highest BCUT2D eigenvalue weighted by atomic mass is 32.2. The largest absolute Gasteiger partial charge is 0.393 e. The number of carbonyl (C=O) groups excluding carboxylic acids is 1. The number of rotatable bonds is 4. The van der Waals surface area contributed by atoms with Crippen molar-refractivity contribution in [3.63, 3.8) is 0 Å². The Kier molecular flexibility index (Phi) is 5.24. The van der Waals surface area contributed by atoms with Crippen LogP contribution in [0.15, 0.2) is 12.2 Å². The normalized spacial score (nSPS) is 12.6. The summed E-state index contributed by atoms with van der Waals surface area (Å²) >= 11 is 1.21. The number of hydrogen-bond acceptors (Lipinski definition) is 3. The number of aliphatic hydroxyl groups is 1. The molecule has 0 radical (unpaired) electrons. The molecule has 0 bridgehead atoms. The Balaban J connectivity index is 3.40. The topological polar surface area (TPSA) is 37.3 Å². The Bertz CT molecular complexity index is 152. The Labute approximate surface area is 71.7 Å². The Hall–Kier alpha value is -0.280. The Morgan fingerprint density at radius 2 is 2.27 bits per heavy atom. The first-order valence-electron chi connectivity index (χ1n) is 3.54. The van der Waals surface area contributed by atoms with Crippen LogP contribution in [-0.2, 0) is 4.79 Å². The van der Waals surface area contributed by atoms with Gasteiger partial charge in [-0.2, -0.15) is 0 Å². The van der Waals surface area contributed by atoms with Crippen molar-refractivity contribution in [3.8, 4) is 0 Å². The molecule has 0 saturated carbocycles. The van der Waals surface area contributed by atoms with Gasteiger partial charge in [-0.3, -0.25) is 4.79 Å². The maximum absolute atomic E-state index is 10.9. The van der Waals surface area contributed by atoms with E-state index in [4.69, 9.17) is 5.11 Å². The second kappa shape index (κ2) is 5.38. The smallest absolute Gasteiger partial charge is 0.214 e. The first kappa shape index (κ1) is 10.7. The molecule has 11 heavy (non-hydrogen) atoms. The van der Waals surface area contributed by atoms with Gasteiger partial charge in [0.1, 0.15) is 0 Å². The fraction of sp³-hybridized carbons (Fsp3) is 0.625. The SMILES string of the molecule is C=C(C)C(=O)SCCC(C)O. The first-order chi connectivity index (χ1) is 5.04. The summed E-state index contributed by atoms with van der Waals surface area (Å²) in [7, 11) is 0. The molecule has 0 spiro atoms. The Morgan fingerprint density at radius 3 is 2.64 bits per heavy atom. The van der Waals surface area contributed by atoms with Crippen LogP contribution in [0.2, 0.25) is 0 Å². The lowest BCUT2D eigenvalue weighted by molar-refractivity contribution is -0.107. The van der Waals surface area contributed by atoms with Gasteiger partial charge in [-0.15, -0.1) is 0 Å². The van der Waals surface area contributed by atoms with Crippen LogP contribution < -0.4 is 0 Å². The highest BCUT2D eigenvalue weighted by Gasteiger charge is 2.03. The van der Waals surface area contributed by atoms with E-state index in [0.717, 1.165) is 0 Å². The van der Waals surface area contributed by atoms with Crippen LogP contribution in [-0.4, -0.2) is 22.1 Å². The molecule has 0 aromatic carbocycles. The molecule has 0 heterocycles. The van der Waals surface area contributed by atoms with E-state index in [-0.39, 0.29) is 11.2 Å². The van der Waals surface area contributed by atoms with Gasteiger partial charge >= 0.3 is 0 Å². The molecule has 1 N–H and O–H groups in total. The fourth-order valence-corrected chi connectivity index (χ4v) is 1.34. The lowest BCUT2D eigenvalue weighted by Gasteiger charge is -2.01. The lowest BCUT2D eigenvalue weighted by atomic mass is 10.3. The van der Waals surface area contributed by atoms with E-state index in [2.05, 4.69) is 6.58 Å². The van der Waals surface area contributed by atoms with Gasteiger partial charge in [0, 0.05) is 5.75 Å². The van der Waals surface area contributed by atoms with Gasteiger partial charge < -0.3 is 5.11 Å². The zero-order valence-corrected chi connectivity index (χ0v) is 7.78. The highest BCUT2D eigenvalue weighted by Crippen LogP contribution is 2.10. The van der Waals surface area contributed by atoms with Gasteiger partial charge in [0.2, 0.25) is 5.12 Å². The monoisotopic (exact) mass is 174 g/mol. The van der Waals surface area contributed by atoms with Crippen molar-refractivity contribution in [1.29, 1.82) is 0 Å². The van der Waals surface area contributed by atoms with E-state index >= 15 is 0 Å². The van der Waals surface area contributed by atoms with Gasteiger partial charge in [0.15, 0.2) is 0 Å². The summed E-state index contributed by atoms with van der Waals surface area (Å²) in [5.74, 6) is 0.670. The third-order valence-corrected chi connectivity index (χ3v) is 2.17. The number of aliphatic hydroxyl groups excluding tert-OH is 1. The van der Waals surface area contributed by atoms with Gasteiger partial charge in [-0.25, -0.2) is 0 Å². The second-order valence-electron chi connectivity index (χ2n) is 2.55. The fourth-order valence-electron chi connectivity index (χ4n) is 0.445. The molecule has 64 valence electrons. The number of thioether (sulfide) groups is 1. The van der Waals surface area contributed by atoms with Crippen LogP contribution in [0.1, 0.15) is 20.3 Å². The quantitative estimate of drug-likeness (QED) is 0.658. The molecular weight excluding hydrogens is 160 g/mol. The van der Waals surface area contributed by atoms with Crippen molar-refractivity contribution in [2.45, 2.75) is 26.4 Å². The molecule has 2 nitrogen and oxygen atoms in total. The maximum atomic E-state index is 10.9. The van der Waals surface area contributed by atoms with Crippen LogP contribution in [0.4, 0.5) is 0 Å². The van der Waals surface area contributed by atoms with Gasteiger partial charge in [-0.1, -0.05) is 18.3 Å². The van der Waals surface area contributed by atoms with E-state index < -0.39 is 0 Å². The summed E-state index contributed by atoms with van der Waals surface area (Å²) in [6.45, 7) is 6.93. The van der Waals surface area contributed by atoms with Crippen molar-refractivity contribution < 1.29 is 9.90 Å². The summed E-state index contributed by atoms with van der Waals surface area (Å²) in [4.78, 5) is 10.9. The van der Waals surface area contributed by atoms with Crippen molar-refractivity contribution in [1.82, 2.24) is 0 Å². The minimum absolute atomic E-state index is 0.0191. The van der Waals surface area contributed by atoms with Crippen molar-refractivity contribution in [2.24, 2.45) is 0 Å². The second-order valence-corrected chi connectivity index (χ2v) is 3.62. The molecule has 0 aliphatic heterocycles. The summed E-state index contributed by atoms with van der Waals surface area (Å²) < 4.78 is 0. The molecular formula is C8H14O2S. The lowest BCUT2D eigenvalue weighted by Crippen LogP contribution is -2.02. The highest BCUT2D eigenvalue weighted by molar-refractivity contribution is 8.14.